The molecule has 3 nitrogen and oxygen atoms in total. The van der Waals surface area contributed by atoms with E-state index in [9.17, 15) is 4.79 Å². The number of aryl methyl sites for hydroxylation is 1. The average molecular weight is 239 g/mol. The van der Waals surface area contributed by atoms with Crippen molar-refractivity contribution in [3.05, 3.63) is 47.0 Å². The number of carbonyl (C=O) groups is 1. The largest absolute Gasteiger partial charge is 0.462 e. The van der Waals surface area contributed by atoms with Crippen molar-refractivity contribution in [2.24, 2.45) is 0 Å². The predicted octanol–water partition coefficient (Wildman–Crippen LogP) is 3.20. The van der Waals surface area contributed by atoms with E-state index in [1.165, 1.54) is 0 Å². The molecule has 0 fully saturated rings. The molecule has 2 aromatic carbocycles. The van der Waals surface area contributed by atoms with Gasteiger partial charge in [-0.15, -0.1) is 0 Å². The molecule has 18 heavy (non-hydrogen) atoms. The normalized spacial score (nSPS) is 10.1. The minimum atomic E-state index is -0.391. The highest BCUT2D eigenvalue weighted by Crippen LogP contribution is 2.22. The number of carbonyl (C=O) groups excluding carboxylic acids is 1. The molecular weight excluding hydrogens is 226 g/mol. The Hall–Kier alpha value is -2.34. The van der Waals surface area contributed by atoms with Crippen LogP contribution in [0.5, 0.6) is 0 Å². The molecule has 0 atom stereocenters. The lowest BCUT2D eigenvalue weighted by atomic mass is 10.00. The molecule has 0 saturated carbocycles. The molecule has 0 N–H and O–H groups in total. The van der Waals surface area contributed by atoms with Crippen LogP contribution in [-0.4, -0.2) is 12.6 Å². The number of ether oxygens (including phenoxy) is 1. The van der Waals surface area contributed by atoms with Gasteiger partial charge in [-0.3, -0.25) is 0 Å². The van der Waals surface area contributed by atoms with E-state index in [2.05, 4.69) is 6.07 Å². The van der Waals surface area contributed by atoms with Crippen molar-refractivity contribution in [3.63, 3.8) is 0 Å². The molecule has 0 aromatic heterocycles. The van der Waals surface area contributed by atoms with E-state index < -0.39 is 5.97 Å². The van der Waals surface area contributed by atoms with E-state index in [0.717, 1.165) is 16.3 Å². The fourth-order valence-electron chi connectivity index (χ4n) is 1.91. The Labute approximate surface area is 106 Å². The topological polar surface area (TPSA) is 50.1 Å². The Morgan fingerprint density at radius 3 is 2.78 bits per heavy atom. The molecule has 0 aliphatic heterocycles. The number of hydrogen-bond donors (Lipinski definition) is 0. The fraction of sp³-hybridized carbons (Fsp3) is 0.200. The summed E-state index contributed by atoms with van der Waals surface area (Å²) in [5.74, 6) is -0.391. The van der Waals surface area contributed by atoms with Crippen molar-refractivity contribution < 1.29 is 9.53 Å². The van der Waals surface area contributed by atoms with E-state index in [0.29, 0.717) is 17.7 Å². The number of nitriles is 1. The smallest absolute Gasteiger partial charge is 0.338 e. The van der Waals surface area contributed by atoms with Gasteiger partial charge in [0, 0.05) is 0 Å². The van der Waals surface area contributed by atoms with Crippen LogP contribution in [0.3, 0.4) is 0 Å². The first-order valence-corrected chi connectivity index (χ1v) is 5.77. The number of nitrogens with zero attached hydrogens (tertiary/aromatic N) is 1. The molecule has 0 saturated heterocycles. The zero-order valence-electron chi connectivity index (χ0n) is 10.4. The summed E-state index contributed by atoms with van der Waals surface area (Å²) in [6.45, 7) is 4.06. The monoisotopic (exact) mass is 239 g/mol. The van der Waals surface area contributed by atoms with Crippen LogP contribution in [0.2, 0.25) is 0 Å². The van der Waals surface area contributed by atoms with Gasteiger partial charge in [-0.05, 0) is 36.8 Å². The van der Waals surface area contributed by atoms with Gasteiger partial charge in [0.25, 0.3) is 0 Å². The van der Waals surface area contributed by atoms with Crippen LogP contribution in [0.15, 0.2) is 30.3 Å². The molecule has 0 heterocycles. The Bertz CT molecular complexity index is 653. The van der Waals surface area contributed by atoms with Gasteiger partial charge >= 0.3 is 5.97 Å². The van der Waals surface area contributed by atoms with E-state index in [4.69, 9.17) is 10.00 Å². The van der Waals surface area contributed by atoms with E-state index in [1.807, 2.05) is 25.1 Å². The second-order valence-corrected chi connectivity index (χ2v) is 4.08. The lowest BCUT2D eigenvalue weighted by Crippen LogP contribution is -2.05. The maximum Gasteiger partial charge on any atom is 0.338 e. The van der Waals surface area contributed by atoms with Crippen molar-refractivity contribution >= 4 is 16.7 Å². The maximum atomic E-state index is 11.7. The minimum absolute atomic E-state index is 0.326. The first-order valence-electron chi connectivity index (χ1n) is 5.77. The number of benzene rings is 2. The zero-order chi connectivity index (χ0) is 13.1. The van der Waals surface area contributed by atoms with E-state index in [1.54, 1.807) is 19.1 Å². The summed E-state index contributed by atoms with van der Waals surface area (Å²) < 4.78 is 4.96. The van der Waals surface area contributed by atoms with Gasteiger partial charge in [0.1, 0.15) is 0 Å². The Morgan fingerprint density at radius 2 is 2.11 bits per heavy atom. The zero-order valence-corrected chi connectivity index (χ0v) is 10.4. The highest BCUT2D eigenvalue weighted by molar-refractivity contribution is 5.98. The summed E-state index contributed by atoms with van der Waals surface area (Å²) in [5.41, 5.74) is 2.01. The number of esters is 1. The third-order valence-corrected chi connectivity index (χ3v) is 2.74. The molecule has 90 valence electrons. The molecule has 0 bridgehead atoms. The average Bonchev–Trinajstić information content (AvgIpc) is 2.37. The quantitative estimate of drug-likeness (QED) is 0.756. The minimum Gasteiger partial charge on any atom is -0.462 e. The lowest BCUT2D eigenvalue weighted by molar-refractivity contribution is 0.0526. The van der Waals surface area contributed by atoms with E-state index in [-0.39, 0.29) is 0 Å². The van der Waals surface area contributed by atoms with Crippen LogP contribution in [0, 0.1) is 18.3 Å². The number of rotatable bonds is 2. The third-order valence-electron chi connectivity index (χ3n) is 2.74. The first-order chi connectivity index (χ1) is 8.65. The second kappa shape index (κ2) is 4.89. The summed E-state index contributed by atoms with van der Waals surface area (Å²) in [4.78, 5) is 11.7. The number of hydrogen-bond acceptors (Lipinski definition) is 3. The molecule has 0 radical (unpaired) electrons. The maximum absolute atomic E-state index is 11.7. The van der Waals surface area contributed by atoms with Gasteiger partial charge in [-0.2, -0.15) is 5.26 Å². The van der Waals surface area contributed by atoms with Crippen LogP contribution >= 0.6 is 0 Å². The van der Waals surface area contributed by atoms with Crippen molar-refractivity contribution in [2.45, 2.75) is 13.8 Å². The van der Waals surface area contributed by atoms with Crippen molar-refractivity contribution in [1.82, 2.24) is 0 Å². The molecule has 0 aliphatic carbocycles. The van der Waals surface area contributed by atoms with Crippen molar-refractivity contribution in [2.75, 3.05) is 6.61 Å². The molecule has 0 aliphatic rings. The summed E-state index contributed by atoms with van der Waals surface area (Å²) in [7, 11) is 0. The highest BCUT2D eigenvalue weighted by atomic mass is 16.5. The summed E-state index contributed by atoms with van der Waals surface area (Å²) in [6, 6.07) is 11.3. The molecule has 2 rings (SSSR count). The van der Waals surface area contributed by atoms with Gasteiger partial charge < -0.3 is 4.74 Å². The van der Waals surface area contributed by atoms with Gasteiger partial charge in [-0.1, -0.05) is 23.8 Å². The SMILES string of the molecule is CCOC(=O)c1cc(C#N)c2ccc(C)cc2c1. The Balaban J connectivity index is 2.65. The van der Waals surface area contributed by atoms with Crippen LogP contribution in [0.25, 0.3) is 10.8 Å². The van der Waals surface area contributed by atoms with Crippen molar-refractivity contribution in [3.8, 4) is 6.07 Å². The predicted molar refractivity (Wildman–Crippen MR) is 69.4 cm³/mol. The molecule has 0 unspecified atom stereocenters. The summed E-state index contributed by atoms with van der Waals surface area (Å²) in [6.07, 6.45) is 0. The Morgan fingerprint density at radius 1 is 1.33 bits per heavy atom. The van der Waals surface area contributed by atoms with E-state index >= 15 is 0 Å². The standard InChI is InChI=1S/C15H13NO2/c1-3-18-15(17)12-7-11-6-10(2)4-5-14(11)13(8-12)9-16/h4-8H,3H2,1-2H3. The molecular formula is C15H13NO2. The number of fused-ring (bicyclic) bond motifs is 1. The van der Waals surface area contributed by atoms with Crippen LogP contribution in [0.4, 0.5) is 0 Å². The Kier molecular flexibility index (Phi) is 3.29. The van der Waals surface area contributed by atoms with Gasteiger partial charge in [-0.25, -0.2) is 4.79 Å². The summed E-state index contributed by atoms with van der Waals surface area (Å²) >= 11 is 0. The molecule has 0 amide bonds. The fourth-order valence-corrected chi connectivity index (χ4v) is 1.91. The first kappa shape index (κ1) is 12.1. The summed E-state index contributed by atoms with van der Waals surface area (Å²) in [5, 5.41) is 10.9. The molecule has 0 spiro atoms. The van der Waals surface area contributed by atoms with Crippen LogP contribution in [0.1, 0.15) is 28.4 Å². The lowest BCUT2D eigenvalue weighted by Gasteiger charge is -2.06. The van der Waals surface area contributed by atoms with Gasteiger partial charge in [0.15, 0.2) is 0 Å². The van der Waals surface area contributed by atoms with Gasteiger partial charge in [0.2, 0.25) is 0 Å². The second-order valence-electron chi connectivity index (χ2n) is 4.08. The molecule has 3 heteroatoms. The van der Waals surface area contributed by atoms with Crippen LogP contribution < -0.4 is 0 Å². The third kappa shape index (κ3) is 2.18. The highest BCUT2D eigenvalue weighted by Gasteiger charge is 2.11. The van der Waals surface area contributed by atoms with Gasteiger partial charge in [0.05, 0.1) is 23.8 Å². The van der Waals surface area contributed by atoms with Crippen molar-refractivity contribution in [1.29, 1.82) is 5.26 Å². The molecule has 2 aromatic rings. The van der Waals surface area contributed by atoms with Crippen LogP contribution in [-0.2, 0) is 4.74 Å².